The van der Waals surface area contributed by atoms with Crippen LogP contribution in [0.5, 0.6) is 0 Å². The molecule has 0 unspecified atom stereocenters. The molecule has 7 heteroatoms. The molecule has 0 aliphatic heterocycles. The van der Waals surface area contributed by atoms with Gasteiger partial charge in [0.25, 0.3) is 5.24 Å². The first-order valence-electron chi connectivity index (χ1n) is 9.73. The summed E-state index contributed by atoms with van der Waals surface area (Å²) in [5.41, 5.74) is 1.99. The third-order valence-corrected chi connectivity index (χ3v) is 5.90. The summed E-state index contributed by atoms with van der Waals surface area (Å²) < 4.78 is 1.86. The van der Waals surface area contributed by atoms with Gasteiger partial charge in [-0.3, -0.25) is 14.4 Å². The van der Waals surface area contributed by atoms with Crippen LogP contribution in [-0.2, 0) is 11.3 Å². The van der Waals surface area contributed by atoms with Crippen molar-refractivity contribution >= 4 is 50.4 Å². The van der Waals surface area contributed by atoms with E-state index < -0.39 is 0 Å². The van der Waals surface area contributed by atoms with Crippen molar-refractivity contribution in [1.82, 2.24) is 9.47 Å². The lowest BCUT2D eigenvalue weighted by Crippen LogP contribution is -2.21. The molecule has 0 bridgehead atoms. The number of benzene rings is 3. The topological polar surface area (TPSA) is 71.4 Å². The molecule has 0 fully saturated rings. The quantitative estimate of drug-likeness (QED) is 0.380. The number of anilines is 1. The highest BCUT2D eigenvalue weighted by Gasteiger charge is 2.13. The largest absolute Gasteiger partial charge is 0.339 e. The molecule has 0 radical (unpaired) electrons. The fraction of sp³-hybridized carbons (Fsp3) is 0.125. The van der Waals surface area contributed by atoms with Crippen LogP contribution in [-0.4, -0.2) is 34.7 Å². The fourth-order valence-electron chi connectivity index (χ4n) is 3.42. The summed E-state index contributed by atoms with van der Waals surface area (Å²) in [4.78, 5) is 39.9. The molecule has 156 valence electrons. The average molecular weight is 432 g/mol. The Balaban J connectivity index is 1.64. The van der Waals surface area contributed by atoms with Crippen molar-refractivity contribution in [1.29, 1.82) is 0 Å². The molecular formula is C24H21N3O3S. The Morgan fingerprint density at radius 3 is 2.13 bits per heavy atom. The number of nitrogens with one attached hydrogen (secondary N) is 1. The van der Waals surface area contributed by atoms with E-state index in [0.717, 1.165) is 16.7 Å². The third kappa shape index (κ3) is 4.32. The maximum absolute atomic E-state index is 12.9. The Hall–Kier alpha value is -3.58. The third-order valence-electron chi connectivity index (χ3n) is 4.87. The molecule has 1 aromatic heterocycles. The summed E-state index contributed by atoms with van der Waals surface area (Å²) in [5, 5.41) is 3.97. The van der Waals surface area contributed by atoms with Crippen LogP contribution in [0.2, 0.25) is 0 Å². The van der Waals surface area contributed by atoms with Gasteiger partial charge in [-0.1, -0.05) is 30.3 Å². The molecule has 4 rings (SSSR count). The van der Waals surface area contributed by atoms with Crippen molar-refractivity contribution in [2.24, 2.45) is 0 Å². The van der Waals surface area contributed by atoms with Crippen molar-refractivity contribution in [3.63, 3.8) is 0 Å². The highest BCUT2D eigenvalue weighted by Crippen LogP contribution is 2.24. The first-order valence-corrected chi connectivity index (χ1v) is 10.5. The Bertz CT molecular complexity index is 1300. The highest BCUT2D eigenvalue weighted by atomic mass is 32.2. The van der Waals surface area contributed by atoms with Gasteiger partial charge in [-0.2, -0.15) is 0 Å². The number of aromatic nitrogens is 1. The summed E-state index contributed by atoms with van der Waals surface area (Å²) in [5.74, 6) is -0.222. The number of hydrogen-bond acceptors (Lipinski definition) is 4. The molecule has 0 atom stereocenters. The number of thioether (sulfide) groups is 1. The maximum atomic E-state index is 12.9. The Morgan fingerprint density at radius 2 is 1.52 bits per heavy atom. The lowest BCUT2D eigenvalue weighted by Gasteiger charge is -2.15. The van der Waals surface area contributed by atoms with Gasteiger partial charge in [0.15, 0.2) is 5.43 Å². The Labute approximate surface area is 183 Å². The van der Waals surface area contributed by atoms with Gasteiger partial charge in [-0.15, -0.1) is 0 Å². The molecule has 1 N–H and O–H groups in total. The number of rotatable bonds is 4. The smallest absolute Gasteiger partial charge is 0.285 e. The zero-order valence-electron chi connectivity index (χ0n) is 17.2. The lowest BCUT2D eigenvalue weighted by molar-refractivity contribution is -0.116. The molecule has 2 amide bonds. The minimum absolute atomic E-state index is 0.0434. The van der Waals surface area contributed by atoms with Crippen molar-refractivity contribution in [2.75, 3.05) is 19.4 Å². The summed E-state index contributed by atoms with van der Waals surface area (Å²) in [7, 11) is 3.39. The number of carbonyl (C=O) groups is 2. The number of fused-ring (bicyclic) bond motifs is 2. The molecule has 0 aliphatic rings. The zero-order valence-corrected chi connectivity index (χ0v) is 18.0. The summed E-state index contributed by atoms with van der Waals surface area (Å²) in [6.07, 6.45) is 0. The Morgan fingerprint density at radius 1 is 0.903 bits per heavy atom. The molecule has 1 heterocycles. The normalized spacial score (nSPS) is 10.9. The van der Waals surface area contributed by atoms with Crippen LogP contribution < -0.4 is 10.7 Å². The molecule has 0 saturated heterocycles. The molecule has 0 saturated carbocycles. The van der Waals surface area contributed by atoms with E-state index in [2.05, 4.69) is 5.32 Å². The van der Waals surface area contributed by atoms with E-state index in [1.165, 1.54) is 4.90 Å². The zero-order chi connectivity index (χ0) is 22.0. The van der Waals surface area contributed by atoms with E-state index in [-0.39, 0.29) is 23.1 Å². The van der Waals surface area contributed by atoms with Crippen LogP contribution in [0, 0.1) is 0 Å². The van der Waals surface area contributed by atoms with Crippen LogP contribution >= 0.6 is 11.8 Å². The molecule has 6 nitrogen and oxygen atoms in total. The van der Waals surface area contributed by atoms with Crippen LogP contribution in [0.4, 0.5) is 10.5 Å². The second-order valence-corrected chi connectivity index (χ2v) is 8.31. The minimum atomic E-state index is -0.222. The predicted octanol–water partition coefficient (Wildman–Crippen LogP) is 4.57. The van der Waals surface area contributed by atoms with Crippen molar-refractivity contribution < 1.29 is 9.59 Å². The summed E-state index contributed by atoms with van der Waals surface area (Å²) in [6, 6.07) is 21.8. The molecule has 31 heavy (non-hydrogen) atoms. The number of hydrogen-bond donors (Lipinski definition) is 1. The Kier molecular flexibility index (Phi) is 5.77. The average Bonchev–Trinajstić information content (AvgIpc) is 2.77. The monoisotopic (exact) mass is 431 g/mol. The van der Waals surface area contributed by atoms with Crippen molar-refractivity contribution in [2.45, 2.75) is 11.4 Å². The van der Waals surface area contributed by atoms with Crippen molar-refractivity contribution in [3.05, 3.63) is 83.0 Å². The summed E-state index contributed by atoms with van der Waals surface area (Å²) >= 11 is 1.10. The van der Waals surface area contributed by atoms with E-state index in [9.17, 15) is 14.4 Å². The van der Waals surface area contributed by atoms with E-state index in [4.69, 9.17) is 0 Å². The van der Waals surface area contributed by atoms with Crippen LogP contribution in [0.3, 0.4) is 0 Å². The van der Waals surface area contributed by atoms with Gasteiger partial charge in [-0.05, 0) is 54.2 Å². The number of pyridine rings is 1. The van der Waals surface area contributed by atoms with Crippen molar-refractivity contribution in [3.8, 4) is 0 Å². The SMILES string of the molecule is CN(C)C(=O)Sc1cccc(NC(=O)Cn2c3ccccc3c(=O)c3ccccc32)c1. The van der Waals surface area contributed by atoms with Gasteiger partial charge in [-0.25, -0.2) is 0 Å². The van der Waals surface area contributed by atoms with Gasteiger partial charge < -0.3 is 14.8 Å². The van der Waals surface area contributed by atoms with Gasteiger partial charge in [0.2, 0.25) is 5.91 Å². The molecule has 4 aromatic rings. The first-order chi connectivity index (χ1) is 14.9. The second-order valence-electron chi connectivity index (χ2n) is 7.29. The van der Waals surface area contributed by atoms with Crippen LogP contribution in [0.1, 0.15) is 0 Å². The first kappa shape index (κ1) is 20.7. The second kappa shape index (κ2) is 8.65. The molecule has 0 spiro atoms. The number of carbonyl (C=O) groups excluding carboxylic acids is 2. The minimum Gasteiger partial charge on any atom is -0.339 e. The van der Waals surface area contributed by atoms with E-state index in [0.29, 0.717) is 27.5 Å². The highest BCUT2D eigenvalue weighted by molar-refractivity contribution is 8.13. The van der Waals surface area contributed by atoms with Gasteiger partial charge >= 0.3 is 0 Å². The molecule has 3 aromatic carbocycles. The molecular weight excluding hydrogens is 410 g/mol. The van der Waals surface area contributed by atoms with E-state index in [1.54, 1.807) is 44.4 Å². The number of amides is 2. The standard InChI is InChI=1S/C24H21N3O3S/c1-26(2)24(30)31-17-9-7-8-16(14-17)25-22(28)15-27-20-12-5-3-10-18(20)23(29)19-11-4-6-13-21(19)27/h3-14H,15H2,1-2H3,(H,25,28). The maximum Gasteiger partial charge on any atom is 0.285 e. The summed E-state index contributed by atoms with van der Waals surface area (Å²) in [6.45, 7) is 0.0509. The fourth-order valence-corrected chi connectivity index (χ4v) is 4.14. The van der Waals surface area contributed by atoms with E-state index >= 15 is 0 Å². The lowest BCUT2D eigenvalue weighted by atomic mass is 10.1. The van der Waals surface area contributed by atoms with Crippen LogP contribution in [0.25, 0.3) is 21.8 Å². The van der Waals surface area contributed by atoms with E-state index in [1.807, 2.05) is 47.0 Å². The van der Waals surface area contributed by atoms with Gasteiger partial charge in [0.05, 0.1) is 11.0 Å². The molecule has 0 aliphatic carbocycles. The predicted molar refractivity (Wildman–Crippen MR) is 126 cm³/mol. The number of para-hydroxylation sites is 2. The van der Waals surface area contributed by atoms with Gasteiger partial charge in [0, 0.05) is 35.5 Å². The van der Waals surface area contributed by atoms with Gasteiger partial charge in [0.1, 0.15) is 6.54 Å². The number of nitrogens with zero attached hydrogens (tertiary/aromatic N) is 2. The van der Waals surface area contributed by atoms with Crippen LogP contribution in [0.15, 0.2) is 82.5 Å².